The van der Waals surface area contributed by atoms with Crippen molar-refractivity contribution in [3.63, 3.8) is 0 Å². The highest BCUT2D eigenvalue weighted by atomic mass is 19.1. The van der Waals surface area contributed by atoms with Gasteiger partial charge in [0.2, 0.25) is 5.91 Å². The van der Waals surface area contributed by atoms with Crippen molar-refractivity contribution in [1.29, 1.82) is 0 Å². The van der Waals surface area contributed by atoms with Crippen molar-refractivity contribution in [3.05, 3.63) is 113 Å². The van der Waals surface area contributed by atoms with Gasteiger partial charge in [-0.2, -0.15) is 5.10 Å². The Morgan fingerprint density at radius 2 is 1.77 bits per heavy atom. The summed E-state index contributed by atoms with van der Waals surface area (Å²) in [6.45, 7) is -0.231. The first-order valence-corrected chi connectivity index (χ1v) is 12.1. The minimum atomic E-state index is -0.956. The van der Waals surface area contributed by atoms with E-state index in [4.69, 9.17) is 5.73 Å². The van der Waals surface area contributed by atoms with Crippen molar-refractivity contribution >= 4 is 22.7 Å². The maximum Gasteiger partial charge on any atom is 0.251 e. The number of phenols is 1. The van der Waals surface area contributed by atoms with Gasteiger partial charge >= 0.3 is 0 Å². The second-order valence-corrected chi connectivity index (χ2v) is 9.14. The number of amides is 2. The summed E-state index contributed by atoms with van der Waals surface area (Å²) in [5.41, 5.74) is 6.94. The lowest BCUT2D eigenvalue weighted by Gasteiger charge is -2.22. The molecule has 2 heterocycles. The molecule has 5 rings (SSSR count). The van der Waals surface area contributed by atoms with E-state index in [0.717, 1.165) is 24.3 Å². The third-order valence-electron chi connectivity index (χ3n) is 6.33. The summed E-state index contributed by atoms with van der Waals surface area (Å²) in [7, 11) is 0. The fourth-order valence-corrected chi connectivity index (χ4v) is 4.56. The molecule has 11 heteroatoms. The lowest BCUT2D eigenvalue weighted by Crippen LogP contribution is -2.34. The first-order valence-electron chi connectivity index (χ1n) is 12.1. The molecule has 40 heavy (non-hydrogen) atoms. The molecule has 0 aliphatic carbocycles. The monoisotopic (exact) mass is 545 g/mol. The van der Waals surface area contributed by atoms with Crippen LogP contribution in [0, 0.1) is 17.5 Å². The number of pyridine rings is 1. The van der Waals surface area contributed by atoms with Crippen molar-refractivity contribution in [3.8, 4) is 16.9 Å². The third kappa shape index (κ3) is 5.63. The molecule has 0 saturated carbocycles. The molecule has 0 radical (unpaired) electrons. The zero-order chi connectivity index (χ0) is 28.4. The van der Waals surface area contributed by atoms with Crippen LogP contribution in [0.15, 0.2) is 79.1 Å². The van der Waals surface area contributed by atoms with Crippen LogP contribution in [0.4, 0.5) is 13.2 Å². The fourth-order valence-electron chi connectivity index (χ4n) is 4.56. The van der Waals surface area contributed by atoms with Crippen molar-refractivity contribution in [2.24, 2.45) is 5.73 Å². The smallest absolute Gasteiger partial charge is 0.251 e. The summed E-state index contributed by atoms with van der Waals surface area (Å²) in [4.78, 5) is 29.5. The number of nitrogens with two attached hydrogens (primary N) is 1. The number of fused-ring (bicyclic) bond motifs is 1. The molecule has 2 amide bonds. The van der Waals surface area contributed by atoms with Crippen LogP contribution < -0.4 is 11.1 Å². The zero-order valence-electron chi connectivity index (χ0n) is 20.8. The van der Waals surface area contributed by atoms with Gasteiger partial charge in [0.05, 0.1) is 29.0 Å². The van der Waals surface area contributed by atoms with Gasteiger partial charge in [-0.1, -0.05) is 12.1 Å². The van der Waals surface area contributed by atoms with Gasteiger partial charge in [-0.05, 0) is 60.0 Å². The molecule has 0 aliphatic rings. The second-order valence-electron chi connectivity index (χ2n) is 9.14. The largest absolute Gasteiger partial charge is 0.508 e. The first kappa shape index (κ1) is 26.4. The molecule has 8 nitrogen and oxygen atoms in total. The molecule has 0 aliphatic heterocycles. The Balaban J connectivity index is 1.53. The summed E-state index contributed by atoms with van der Waals surface area (Å²) in [6, 6.07) is 13.9. The van der Waals surface area contributed by atoms with E-state index in [1.54, 1.807) is 24.4 Å². The highest BCUT2D eigenvalue weighted by molar-refractivity contribution is 5.94. The highest BCUT2D eigenvalue weighted by Crippen LogP contribution is 2.30. The quantitative estimate of drug-likeness (QED) is 0.266. The van der Waals surface area contributed by atoms with E-state index in [1.165, 1.54) is 35.1 Å². The molecule has 1 atom stereocenters. The van der Waals surface area contributed by atoms with Gasteiger partial charge in [0.15, 0.2) is 0 Å². The predicted octanol–water partition coefficient (Wildman–Crippen LogP) is 4.42. The number of nitrogens with zero attached hydrogens (tertiary/aromatic N) is 3. The highest BCUT2D eigenvalue weighted by Gasteiger charge is 2.23. The maximum atomic E-state index is 14.2. The number of carbonyl (C=O) groups excluding carboxylic acids is 2. The normalized spacial score (nSPS) is 11.9. The third-order valence-corrected chi connectivity index (χ3v) is 6.33. The summed E-state index contributed by atoms with van der Waals surface area (Å²) >= 11 is 0. The first-order chi connectivity index (χ1) is 19.2. The van der Waals surface area contributed by atoms with Gasteiger partial charge < -0.3 is 16.2 Å². The van der Waals surface area contributed by atoms with Crippen LogP contribution in [0.1, 0.15) is 27.7 Å². The Labute approximate surface area is 225 Å². The van der Waals surface area contributed by atoms with Crippen LogP contribution in [0.25, 0.3) is 22.0 Å². The van der Waals surface area contributed by atoms with Crippen molar-refractivity contribution < 1.29 is 27.9 Å². The van der Waals surface area contributed by atoms with Crippen LogP contribution in [-0.2, 0) is 17.8 Å². The van der Waals surface area contributed by atoms with Gasteiger partial charge in [0, 0.05) is 29.3 Å². The Bertz CT molecular complexity index is 1730. The zero-order valence-corrected chi connectivity index (χ0v) is 20.8. The molecular formula is C29H22F3N5O3. The number of halogens is 3. The van der Waals surface area contributed by atoms with E-state index in [0.29, 0.717) is 27.7 Å². The lowest BCUT2D eigenvalue weighted by atomic mass is 9.94. The number of aromatic hydroxyl groups is 1. The van der Waals surface area contributed by atoms with Crippen LogP contribution in [-0.4, -0.2) is 31.7 Å². The van der Waals surface area contributed by atoms with E-state index < -0.39 is 35.3 Å². The number of nitrogens with one attached hydrogen (secondary N) is 1. The summed E-state index contributed by atoms with van der Waals surface area (Å²) in [5.74, 6) is -3.80. The van der Waals surface area contributed by atoms with E-state index in [2.05, 4.69) is 15.4 Å². The summed E-state index contributed by atoms with van der Waals surface area (Å²) in [5, 5.41) is 17.6. The maximum absolute atomic E-state index is 14.2. The van der Waals surface area contributed by atoms with E-state index >= 15 is 0 Å². The van der Waals surface area contributed by atoms with Crippen LogP contribution in [0.2, 0.25) is 0 Å². The molecule has 2 aromatic heterocycles. The number of primary amides is 1. The molecule has 4 N–H and O–H groups in total. The minimum Gasteiger partial charge on any atom is -0.508 e. The van der Waals surface area contributed by atoms with E-state index in [-0.39, 0.29) is 29.8 Å². The summed E-state index contributed by atoms with van der Waals surface area (Å²) in [6.07, 6.45) is 2.98. The van der Waals surface area contributed by atoms with Crippen molar-refractivity contribution in [1.82, 2.24) is 20.1 Å². The van der Waals surface area contributed by atoms with Gasteiger partial charge in [0.25, 0.3) is 5.91 Å². The number of hydrogen-bond donors (Lipinski definition) is 3. The number of phenolic OH excluding ortho intramolecular Hbond substituents is 1. The number of hydrogen-bond acceptors (Lipinski definition) is 5. The van der Waals surface area contributed by atoms with Crippen molar-refractivity contribution in [2.45, 2.75) is 19.0 Å². The Morgan fingerprint density at radius 3 is 2.52 bits per heavy atom. The second kappa shape index (κ2) is 10.9. The Hall–Kier alpha value is -5.19. The number of benzene rings is 3. The van der Waals surface area contributed by atoms with E-state index in [1.807, 2.05) is 0 Å². The molecule has 0 saturated heterocycles. The lowest BCUT2D eigenvalue weighted by molar-refractivity contribution is -0.122. The van der Waals surface area contributed by atoms with E-state index in [9.17, 15) is 27.9 Å². The number of carbonyl (C=O) groups is 2. The van der Waals surface area contributed by atoms with Gasteiger partial charge in [-0.25, -0.2) is 13.2 Å². The number of aromatic nitrogens is 3. The Kier molecular flexibility index (Phi) is 7.19. The van der Waals surface area contributed by atoms with Gasteiger partial charge in [0.1, 0.15) is 29.7 Å². The van der Waals surface area contributed by atoms with Gasteiger partial charge in [-0.15, -0.1) is 0 Å². The molecule has 0 spiro atoms. The van der Waals surface area contributed by atoms with Crippen LogP contribution in [0.5, 0.6) is 5.75 Å². The topological polar surface area (TPSA) is 123 Å². The fraction of sp³-hybridized carbons (Fsp3) is 0.103. The molecule has 3 aromatic carbocycles. The Morgan fingerprint density at radius 1 is 1.00 bits per heavy atom. The van der Waals surface area contributed by atoms with Crippen LogP contribution in [0.3, 0.4) is 0 Å². The van der Waals surface area contributed by atoms with Gasteiger partial charge in [-0.3, -0.25) is 19.3 Å². The minimum absolute atomic E-state index is 0.00780. The predicted molar refractivity (Wildman–Crippen MR) is 140 cm³/mol. The average molecular weight is 546 g/mol. The summed E-state index contributed by atoms with van der Waals surface area (Å²) < 4.78 is 43.6. The van der Waals surface area contributed by atoms with Crippen LogP contribution >= 0.6 is 0 Å². The SMILES string of the molecule is NC(=O)c1cc(-c2cccnc2C(Cc2cc(F)cc(F)c2)NC(=O)Cn2ncc3ccc(O)cc32)ccc1F. The molecule has 0 bridgehead atoms. The standard InChI is InChI=1S/C29H22F3N5O3/c30-19-8-16(9-20(31)12-19)10-25(36-27(39)15-37-26-13-21(38)5-3-18(26)14-35-37)28-22(2-1-7-34-28)17-4-6-24(32)23(11-17)29(33)40/h1-9,11-14,25,38H,10,15H2,(H2,33,40)(H,36,39). The van der Waals surface area contributed by atoms with Crippen molar-refractivity contribution in [2.75, 3.05) is 0 Å². The molecule has 1 unspecified atom stereocenters. The number of rotatable bonds is 8. The molecule has 202 valence electrons. The average Bonchev–Trinajstić information content (AvgIpc) is 3.29. The molecular weight excluding hydrogens is 523 g/mol. The molecule has 0 fully saturated rings. The molecule has 5 aromatic rings.